The van der Waals surface area contributed by atoms with Crippen LogP contribution in [0.5, 0.6) is 0 Å². The summed E-state index contributed by atoms with van der Waals surface area (Å²) in [6.07, 6.45) is 0. The predicted molar refractivity (Wildman–Crippen MR) is 125 cm³/mol. The van der Waals surface area contributed by atoms with Gasteiger partial charge in [0.2, 0.25) is 0 Å². The van der Waals surface area contributed by atoms with E-state index < -0.39 is 0 Å². The number of benzene rings is 3. The van der Waals surface area contributed by atoms with Gasteiger partial charge in [-0.05, 0) is 36.4 Å². The molecule has 0 aliphatic carbocycles. The molecule has 1 heterocycles. The molecule has 3 aromatic carbocycles. The van der Waals surface area contributed by atoms with Gasteiger partial charge in [0.25, 0.3) is 0 Å². The third-order valence-corrected chi connectivity index (χ3v) is 7.76. The van der Waals surface area contributed by atoms with E-state index in [1.54, 1.807) is 11.8 Å². The van der Waals surface area contributed by atoms with Crippen LogP contribution in [0.3, 0.4) is 0 Å². The maximum absolute atomic E-state index is 9.84. The Balaban J connectivity index is 1.92. The van der Waals surface area contributed by atoms with Crippen molar-refractivity contribution in [3.8, 4) is 12.1 Å². The van der Waals surface area contributed by atoms with Gasteiger partial charge in [0.15, 0.2) is 11.4 Å². The lowest BCUT2D eigenvalue weighted by Gasteiger charge is -2.16. The maximum Gasteiger partial charge on any atom is 0.157 e. The van der Waals surface area contributed by atoms with Crippen molar-refractivity contribution in [3.05, 3.63) is 102 Å². The van der Waals surface area contributed by atoms with Gasteiger partial charge in [0.05, 0.1) is 9.79 Å². The van der Waals surface area contributed by atoms with Gasteiger partial charge in [0, 0.05) is 19.6 Å². The smallest absolute Gasteiger partial charge is 0.157 e. The topological polar surface area (TPSA) is 60.5 Å². The predicted octanol–water partition coefficient (Wildman–Crippen LogP) is 7.28. The highest BCUT2D eigenvalue weighted by molar-refractivity contribution is 8.04. The zero-order chi connectivity index (χ0) is 21.5. The Morgan fingerprint density at radius 1 is 0.484 bits per heavy atom. The number of pyridine rings is 1. The van der Waals surface area contributed by atoms with Crippen LogP contribution in [0, 0.1) is 22.7 Å². The lowest BCUT2D eigenvalue weighted by atomic mass is 10.3. The standard InChI is InChI=1S/C25H15N3S3/c26-16-21-23(29-18-10-4-1-5-11-18)25(31-20-14-8-3-9-15-20)24(22(17-27)28-21)30-19-12-6-2-7-13-19/h1-15H. The lowest BCUT2D eigenvalue weighted by molar-refractivity contribution is 0.978. The first-order valence-corrected chi connectivity index (χ1v) is 11.8. The van der Waals surface area contributed by atoms with Gasteiger partial charge in [-0.25, -0.2) is 4.98 Å². The van der Waals surface area contributed by atoms with Crippen LogP contribution in [0.2, 0.25) is 0 Å². The molecular weight excluding hydrogens is 438 g/mol. The van der Waals surface area contributed by atoms with Gasteiger partial charge < -0.3 is 0 Å². The second-order valence-corrected chi connectivity index (χ2v) is 9.52. The zero-order valence-corrected chi connectivity index (χ0v) is 18.7. The van der Waals surface area contributed by atoms with Crippen molar-refractivity contribution in [2.75, 3.05) is 0 Å². The van der Waals surface area contributed by atoms with Crippen molar-refractivity contribution in [2.45, 2.75) is 29.4 Å². The van der Waals surface area contributed by atoms with Crippen LogP contribution in [-0.2, 0) is 0 Å². The van der Waals surface area contributed by atoms with E-state index in [1.165, 1.54) is 23.5 Å². The summed E-state index contributed by atoms with van der Waals surface area (Å²) in [7, 11) is 0. The highest BCUT2D eigenvalue weighted by atomic mass is 32.2. The summed E-state index contributed by atoms with van der Waals surface area (Å²) in [6, 6.07) is 34.2. The van der Waals surface area contributed by atoms with E-state index >= 15 is 0 Å². The van der Waals surface area contributed by atoms with Crippen LogP contribution in [0.15, 0.2) is 120 Å². The number of rotatable bonds is 6. The summed E-state index contributed by atoms with van der Waals surface area (Å²) in [5.41, 5.74) is 0.530. The first kappa shape index (κ1) is 21.1. The van der Waals surface area contributed by atoms with Crippen LogP contribution in [0.25, 0.3) is 0 Å². The van der Waals surface area contributed by atoms with Crippen LogP contribution in [-0.4, -0.2) is 4.98 Å². The number of nitrogens with zero attached hydrogens (tertiary/aromatic N) is 3. The molecule has 0 amide bonds. The molecule has 0 unspecified atom stereocenters. The van der Waals surface area contributed by atoms with E-state index in [9.17, 15) is 10.5 Å². The molecule has 0 atom stereocenters. The maximum atomic E-state index is 9.84. The molecule has 0 N–H and O–H groups in total. The number of hydrogen-bond donors (Lipinski definition) is 0. The van der Waals surface area contributed by atoms with Crippen molar-refractivity contribution in [1.82, 2.24) is 4.98 Å². The van der Waals surface area contributed by atoms with Gasteiger partial charge in [-0.2, -0.15) is 10.5 Å². The molecule has 1 aromatic heterocycles. The first-order chi connectivity index (χ1) is 15.3. The summed E-state index contributed by atoms with van der Waals surface area (Å²) in [6.45, 7) is 0. The fourth-order valence-electron chi connectivity index (χ4n) is 2.78. The molecule has 0 aliphatic heterocycles. The van der Waals surface area contributed by atoms with Gasteiger partial charge in [-0.15, -0.1) is 0 Å². The van der Waals surface area contributed by atoms with E-state index in [2.05, 4.69) is 17.1 Å². The SMILES string of the molecule is N#Cc1nc(C#N)c(Sc2ccccc2)c(Sc2ccccc2)c1Sc1ccccc1. The third kappa shape index (κ3) is 5.13. The molecule has 0 saturated carbocycles. The second-order valence-electron chi connectivity index (χ2n) is 6.27. The first-order valence-electron chi connectivity index (χ1n) is 9.35. The summed E-state index contributed by atoms with van der Waals surface area (Å²) in [5.74, 6) is 0. The van der Waals surface area contributed by atoms with E-state index in [-0.39, 0.29) is 11.4 Å². The molecule has 4 aromatic rings. The Hall–Kier alpha value is -3.16. The van der Waals surface area contributed by atoms with Crippen LogP contribution >= 0.6 is 35.3 Å². The summed E-state index contributed by atoms with van der Waals surface area (Å²) < 4.78 is 0. The quantitative estimate of drug-likeness (QED) is 0.306. The van der Waals surface area contributed by atoms with Crippen molar-refractivity contribution < 1.29 is 0 Å². The minimum atomic E-state index is 0.265. The molecule has 148 valence electrons. The summed E-state index contributed by atoms with van der Waals surface area (Å²) in [4.78, 5) is 9.88. The van der Waals surface area contributed by atoms with Crippen molar-refractivity contribution in [2.24, 2.45) is 0 Å². The zero-order valence-electron chi connectivity index (χ0n) is 16.2. The van der Waals surface area contributed by atoms with Crippen molar-refractivity contribution in [3.63, 3.8) is 0 Å². The van der Waals surface area contributed by atoms with E-state index in [1.807, 2.05) is 91.0 Å². The molecule has 0 bridgehead atoms. The minimum Gasteiger partial charge on any atom is -0.224 e. The summed E-state index contributed by atoms with van der Waals surface area (Å²) >= 11 is 4.55. The van der Waals surface area contributed by atoms with E-state index in [0.717, 1.165) is 29.4 Å². The lowest BCUT2D eigenvalue weighted by Crippen LogP contribution is -1.99. The molecule has 6 heteroatoms. The van der Waals surface area contributed by atoms with Gasteiger partial charge in [-0.3, -0.25) is 0 Å². The Kier molecular flexibility index (Phi) is 6.96. The number of aromatic nitrogens is 1. The second kappa shape index (κ2) is 10.2. The average Bonchev–Trinajstić information content (AvgIpc) is 2.83. The number of hydrogen-bond acceptors (Lipinski definition) is 6. The molecule has 0 spiro atoms. The minimum absolute atomic E-state index is 0.265. The molecule has 0 aliphatic rings. The van der Waals surface area contributed by atoms with Crippen molar-refractivity contribution in [1.29, 1.82) is 10.5 Å². The molecule has 0 radical (unpaired) electrons. The molecule has 3 nitrogen and oxygen atoms in total. The van der Waals surface area contributed by atoms with Gasteiger partial charge >= 0.3 is 0 Å². The Labute approximate surface area is 194 Å². The molecule has 4 rings (SSSR count). The largest absolute Gasteiger partial charge is 0.224 e. The Morgan fingerprint density at radius 2 is 0.806 bits per heavy atom. The molecule has 0 saturated heterocycles. The summed E-state index contributed by atoms with van der Waals surface area (Å²) in [5, 5.41) is 19.7. The molecule has 0 fully saturated rings. The van der Waals surface area contributed by atoms with Crippen LogP contribution < -0.4 is 0 Å². The van der Waals surface area contributed by atoms with E-state index in [0.29, 0.717) is 0 Å². The highest BCUT2D eigenvalue weighted by Crippen LogP contribution is 2.47. The Bertz CT molecular complexity index is 1190. The molecular formula is C25H15N3S3. The van der Waals surface area contributed by atoms with Crippen molar-refractivity contribution >= 4 is 35.3 Å². The Morgan fingerprint density at radius 3 is 1.13 bits per heavy atom. The van der Waals surface area contributed by atoms with Gasteiger partial charge in [0.1, 0.15) is 12.1 Å². The monoisotopic (exact) mass is 453 g/mol. The normalized spacial score (nSPS) is 10.3. The molecule has 31 heavy (non-hydrogen) atoms. The van der Waals surface area contributed by atoms with Gasteiger partial charge in [-0.1, -0.05) is 89.9 Å². The highest BCUT2D eigenvalue weighted by Gasteiger charge is 2.23. The fourth-order valence-corrected chi connectivity index (χ4v) is 6.08. The van der Waals surface area contributed by atoms with Crippen LogP contribution in [0.1, 0.15) is 11.4 Å². The average molecular weight is 454 g/mol. The number of nitriles is 2. The van der Waals surface area contributed by atoms with Crippen LogP contribution in [0.4, 0.5) is 0 Å². The fraction of sp³-hybridized carbons (Fsp3) is 0. The van der Waals surface area contributed by atoms with E-state index in [4.69, 9.17) is 0 Å². The third-order valence-electron chi connectivity index (χ3n) is 4.17.